The van der Waals surface area contributed by atoms with Crippen LogP contribution in [0.2, 0.25) is 0 Å². The molecule has 0 bridgehead atoms. The van der Waals surface area contributed by atoms with Crippen LogP contribution < -0.4 is 15.4 Å². The third-order valence-electron chi connectivity index (χ3n) is 5.99. The van der Waals surface area contributed by atoms with E-state index in [4.69, 9.17) is 9.39 Å². The second-order valence-corrected chi connectivity index (χ2v) is 12.7. The van der Waals surface area contributed by atoms with E-state index in [1.807, 2.05) is 11.8 Å². The third-order valence-corrected chi connectivity index (χ3v) is 9.84. The van der Waals surface area contributed by atoms with E-state index in [2.05, 4.69) is 28.0 Å². The van der Waals surface area contributed by atoms with Crippen LogP contribution in [0.5, 0.6) is 0 Å². The number of urea groups is 1. The Morgan fingerprint density at radius 3 is 2.69 bits per heavy atom. The summed E-state index contributed by atoms with van der Waals surface area (Å²) < 4.78 is 34.1. The third kappa shape index (κ3) is 7.43. The molecule has 202 valence electrons. The highest BCUT2D eigenvalue weighted by molar-refractivity contribution is 8.00. The number of nitrogens with one attached hydrogen (secondary N) is 3. The maximum absolute atomic E-state index is 12.3. The molecule has 13 nitrogen and oxygen atoms in total. The van der Waals surface area contributed by atoms with Crippen molar-refractivity contribution in [3.8, 4) is 0 Å². The Morgan fingerprint density at radius 2 is 2.03 bits per heavy atom. The molecule has 2 unspecified atom stereocenters. The number of fused-ring (bicyclic) bond motifs is 1. The lowest BCUT2D eigenvalue weighted by Crippen LogP contribution is -2.38. The summed E-state index contributed by atoms with van der Waals surface area (Å²) in [6.07, 6.45) is 2.21. The molecule has 0 radical (unpaired) electrons. The number of carbonyl (C=O) groups excluding carboxylic acids is 5. The quantitative estimate of drug-likeness (QED) is 0.0485. The van der Waals surface area contributed by atoms with E-state index < -0.39 is 45.5 Å². The molecule has 3 aliphatic heterocycles. The largest absolute Gasteiger partial charge is 0.337 e. The molecule has 36 heavy (non-hydrogen) atoms. The van der Waals surface area contributed by atoms with Gasteiger partial charge < -0.3 is 20.2 Å². The molecular formula is C19H28N4O9S4. The summed E-state index contributed by atoms with van der Waals surface area (Å²) in [5, 5.41) is 4.25. The van der Waals surface area contributed by atoms with Crippen LogP contribution in [-0.4, -0.2) is 87.6 Å². The molecule has 0 aromatic heterocycles. The first-order valence-corrected chi connectivity index (χ1v) is 15.4. The summed E-state index contributed by atoms with van der Waals surface area (Å²) in [7, 11) is -4.80. The van der Waals surface area contributed by atoms with Crippen LogP contribution in [0.3, 0.4) is 0 Å². The number of thioether (sulfide) groups is 1. The van der Waals surface area contributed by atoms with Gasteiger partial charge in [-0.2, -0.15) is 32.8 Å². The first-order chi connectivity index (χ1) is 17.0. The van der Waals surface area contributed by atoms with Crippen molar-refractivity contribution in [3.63, 3.8) is 0 Å². The summed E-state index contributed by atoms with van der Waals surface area (Å²) in [5.74, 6) is -3.04. The molecule has 17 heteroatoms. The fourth-order valence-corrected chi connectivity index (χ4v) is 7.36. The lowest BCUT2D eigenvalue weighted by Gasteiger charge is -2.18. The Morgan fingerprint density at radius 1 is 1.28 bits per heavy atom. The normalized spacial score (nSPS) is 26.4. The van der Waals surface area contributed by atoms with E-state index in [0.29, 0.717) is 23.8 Å². The van der Waals surface area contributed by atoms with Crippen LogP contribution in [0, 0.1) is 5.92 Å². The summed E-state index contributed by atoms with van der Waals surface area (Å²) in [6, 6.07) is 0.198. The fraction of sp³-hybridized carbons (Fsp3) is 0.737. The first-order valence-electron chi connectivity index (χ1n) is 11.3. The van der Waals surface area contributed by atoms with Gasteiger partial charge in [0.1, 0.15) is 0 Å². The second kappa shape index (κ2) is 12.7. The number of hydroxylamine groups is 2. The predicted molar refractivity (Wildman–Crippen MR) is 134 cm³/mol. The van der Waals surface area contributed by atoms with E-state index in [1.54, 1.807) is 0 Å². The molecule has 0 aromatic carbocycles. The maximum atomic E-state index is 12.3. The fourth-order valence-electron chi connectivity index (χ4n) is 4.02. The Hall–Kier alpha value is -1.69. The number of nitrogens with zero attached hydrogens (tertiary/aromatic N) is 1. The minimum atomic E-state index is -4.80. The van der Waals surface area contributed by atoms with Gasteiger partial charge in [-0.3, -0.25) is 18.9 Å². The lowest BCUT2D eigenvalue weighted by molar-refractivity contribution is -0.200. The molecule has 3 rings (SSSR count). The Kier molecular flexibility index (Phi) is 10.2. The molecule has 3 fully saturated rings. The minimum Gasteiger partial charge on any atom is -0.332 e. The van der Waals surface area contributed by atoms with Gasteiger partial charge in [-0.1, -0.05) is 18.4 Å². The molecular weight excluding hydrogens is 556 g/mol. The van der Waals surface area contributed by atoms with Crippen molar-refractivity contribution in [3.05, 3.63) is 0 Å². The summed E-state index contributed by atoms with van der Waals surface area (Å²) in [6.45, 7) is 0. The molecule has 5 amide bonds. The van der Waals surface area contributed by atoms with E-state index in [0.717, 1.165) is 30.5 Å². The first kappa shape index (κ1) is 28.9. The minimum absolute atomic E-state index is 0.0301. The molecule has 5 atom stereocenters. The maximum Gasteiger partial charge on any atom is 0.337 e. The number of hydrogen-bond donors (Lipinski definition) is 5. The van der Waals surface area contributed by atoms with Gasteiger partial charge in [0, 0.05) is 28.9 Å². The molecule has 0 aromatic rings. The van der Waals surface area contributed by atoms with Gasteiger partial charge in [0.05, 0.1) is 24.4 Å². The summed E-state index contributed by atoms with van der Waals surface area (Å²) in [5.41, 5.74) is 0. The molecule has 4 N–H and O–H groups in total. The highest BCUT2D eigenvalue weighted by Gasteiger charge is 2.48. The van der Waals surface area contributed by atoms with Crippen LogP contribution in [0.4, 0.5) is 4.79 Å². The number of carbonyl (C=O) groups is 5. The van der Waals surface area contributed by atoms with Crippen molar-refractivity contribution in [2.24, 2.45) is 5.92 Å². The number of hydrogen-bond acceptors (Lipinski definition) is 11. The van der Waals surface area contributed by atoms with Crippen LogP contribution in [0.15, 0.2) is 0 Å². The number of unbranched alkanes of at least 4 members (excludes halogenated alkanes) is 1. The highest BCUT2D eigenvalue weighted by atomic mass is 32.2. The van der Waals surface area contributed by atoms with Crippen LogP contribution in [-0.2, 0) is 34.1 Å². The average Bonchev–Trinajstić information content (AvgIpc) is 3.44. The van der Waals surface area contributed by atoms with Gasteiger partial charge in [-0.05, 0) is 19.3 Å². The molecule has 3 saturated heterocycles. The molecule has 0 aliphatic carbocycles. The van der Waals surface area contributed by atoms with Crippen molar-refractivity contribution < 1.29 is 41.8 Å². The lowest BCUT2D eigenvalue weighted by atomic mass is 10.0. The Bertz CT molecular complexity index is 995. The average molecular weight is 585 g/mol. The van der Waals surface area contributed by atoms with Gasteiger partial charge >= 0.3 is 12.0 Å². The number of amides is 5. The number of thiol groups is 1. The molecule has 0 saturated carbocycles. The monoisotopic (exact) mass is 584 g/mol. The van der Waals surface area contributed by atoms with Gasteiger partial charge in [0.15, 0.2) is 5.25 Å². The molecule has 3 heterocycles. The van der Waals surface area contributed by atoms with Crippen LogP contribution in [0.25, 0.3) is 0 Å². The van der Waals surface area contributed by atoms with E-state index in [9.17, 15) is 32.4 Å². The number of rotatable bonds is 13. The Labute approximate surface area is 222 Å². The molecule has 3 aliphatic rings. The van der Waals surface area contributed by atoms with Gasteiger partial charge in [-0.25, -0.2) is 9.59 Å². The number of imide groups is 1. The smallest absolute Gasteiger partial charge is 0.332 e. The summed E-state index contributed by atoms with van der Waals surface area (Å²) in [4.78, 5) is 64.4. The van der Waals surface area contributed by atoms with Crippen LogP contribution >= 0.6 is 36.3 Å². The van der Waals surface area contributed by atoms with Crippen LogP contribution in [0.1, 0.15) is 38.5 Å². The van der Waals surface area contributed by atoms with Crippen molar-refractivity contribution in [1.29, 1.82) is 0 Å². The Balaban J connectivity index is 1.29. The van der Waals surface area contributed by atoms with Crippen molar-refractivity contribution in [1.82, 2.24) is 20.4 Å². The zero-order valence-electron chi connectivity index (χ0n) is 19.1. The van der Waals surface area contributed by atoms with E-state index in [1.165, 1.54) is 0 Å². The van der Waals surface area contributed by atoms with Crippen molar-refractivity contribution in [2.75, 3.05) is 17.3 Å². The highest BCUT2D eigenvalue weighted by Crippen LogP contribution is 2.33. The SMILES string of the molecule is O=C(CCCC[C@@H]1SC[C@@H]2NC(=O)N[C@@H]21)NSCCC(CS)C(=O)ON1C(=O)CC(S(=O)(=O)O)C1=O. The van der Waals surface area contributed by atoms with E-state index in [-0.39, 0.29) is 41.3 Å². The molecule has 0 spiro atoms. The predicted octanol–water partition coefficient (Wildman–Crippen LogP) is -0.114. The summed E-state index contributed by atoms with van der Waals surface area (Å²) >= 11 is 7.01. The standard InChI is InChI=1S/C19H28N4O9S4/c24-14(4-2-1-3-12-16-11(9-34-12)20-19(28)21-16)22-35-6-5-10(8-33)18(27)32-23-15(25)7-13(17(23)26)36(29,30)31/h10-13,16,33H,1-9H2,(H,22,24)(H2,20,21,28)(H,29,30,31)/t10?,11-,12-,13?,16-/m0/s1. The zero-order chi connectivity index (χ0) is 26.5. The topological polar surface area (TPSA) is 188 Å². The van der Waals surface area contributed by atoms with Crippen molar-refractivity contribution >= 4 is 76.2 Å². The van der Waals surface area contributed by atoms with Gasteiger partial charge in [0.25, 0.3) is 21.9 Å². The van der Waals surface area contributed by atoms with E-state index >= 15 is 0 Å². The van der Waals surface area contributed by atoms with Gasteiger partial charge in [-0.15, -0.1) is 5.06 Å². The zero-order valence-corrected chi connectivity index (χ0v) is 22.4. The van der Waals surface area contributed by atoms with Crippen molar-refractivity contribution in [2.45, 2.75) is 61.1 Å². The second-order valence-electron chi connectivity index (χ2n) is 8.55. The van der Waals surface area contributed by atoms with Gasteiger partial charge in [0.2, 0.25) is 5.91 Å².